The topological polar surface area (TPSA) is 88.0 Å². The van der Waals surface area contributed by atoms with E-state index in [4.69, 9.17) is 9.47 Å². The first-order chi connectivity index (χ1) is 15.9. The number of pyridine rings is 1. The van der Waals surface area contributed by atoms with Gasteiger partial charge in [-0.3, -0.25) is 9.47 Å². The molecule has 1 aromatic carbocycles. The Bertz CT molecular complexity index is 1370. The van der Waals surface area contributed by atoms with Crippen LogP contribution in [0.1, 0.15) is 25.0 Å². The van der Waals surface area contributed by atoms with Crippen LogP contribution in [0.2, 0.25) is 0 Å². The molecule has 3 aromatic heterocycles. The van der Waals surface area contributed by atoms with Gasteiger partial charge in [-0.2, -0.15) is 0 Å². The summed E-state index contributed by atoms with van der Waals surface area (Å²) < 4.78 is 28.3. The molecule has 172 valence electrons. The van der Waals surface area contributed by atoms with Crippen LogP contribution in [-0.4, -0.2) is 56.5 Å². The van der Waals surface area contributed by atoms with Gasteiger partial charge in [0.15, 0.2) is 5.65 Å². The third kappa shape index (κ3) is 4.07. The fourth-order valence-electron chi connectivity index (χ4n) is 4.55. The fraction of sp³-hybridized carbons (Fsp3) is 0.391. The summed E-state index contributed by atoms with van der Waals surface area (Å²) in [5.74, 6) is -0.0335. The number of hydrogen-bond acceptors (Lipinski definition) is 6. The third-order valence-electron chi connectivity index (χ3n) is 5.92. The molecule has 0 bridgehead atoms. The molecule has 0 aliphatic carbocycles. The minimum absolute atomic E-state index is 0.0196. The van der Waals surface area contributed by atoms with E-state index in [1.165, 1.54) is 28.6 Å². The molecule has 0 spiro atoms. The summed E-state index contributed by atoms with van der Waals surface area (Å²) in [4.78, 5) is 23.2. The van der Waals surface area contributed by atoms with Crippen LogP contribution in [0.4, 0.5) is 4.39 Å². The van der Waals surface area contributed by atoms with Crippen molar-refractivity contribution in [2.45, 2.75) is 39.1 Å². The van der Waals surface area contributed by atoms with Crippen molar-refractivity contribution in [3.8, 4) is 5.75 Å². The highest BCUT2D eigenvalue weighted by Gasteiger charge is 2.24. The Kier molecular flexibility index (Phi) is 5.55. The first-order valence-corrected chi connectivity index (χ1v) is 10.9. The van der Waals surface area contributed by atoms with E-state index in [2.05, 4.69) is 33.8 Å². The smallest absolute Gasteiger partial charge is 0.425 e. The molecule has 33 heavy (non-hydrogen) atoms. The van der Waals surface area contributed by atoms with Crippen LogP contribution < -0.4 is 15.4 Å². The number of benzene rings is 1. The number of methoxy groups -OCH3 is 1. The van der Waals surface area contributed by atoms with Crippen molar-refractivity contribution in [1.82, 2.24) is 24.1 Å². The Morgan fingerprint density at radius 3 is 2.73 bits per heavy atom. The van der Waals surface area contributed by atoms with E-state index in [0.717, 1.165) is 24.0 Å². The zero-order valence-corrected chi connectivity index (χ0v) is 18.8. The van der Waals surface area contributed by atoms with Gasteiger partial charge in [0.05, 0.1) is 31.2 Å². The minimum Gasteiger partial charge on any atom is -0.497 e. The van der Waals surface area contributed by atoms with Gasteiger partial charge >= 0.3 is 5.69 Å². The van der Waals surface area contributed by atoms with Gasteiger partial charge in [-0.25, -0.2) is 19.2 Å². The Hall–Kier alpha value is -3.37. The molecule has 5 rings (SSSR count). The van der Waals surface area contributed by atoms with Crippen LogP contribution in [0.15, 0.2) is 41.6 Å². The Balaban J connectivity index is 1.57. The normalized spacial score (nSPS) is 19.4. The SMILES string of the molecule is COc1ccc(Cn2c(=O)n3nc[nH+]c3c3cc(CN4C[C@@H](C)O[C@@H](C)C4)cnc32)c(F)c1. The fourth-order valence-corrected chi connectivity index (χ4v) is 4.55. The quantitative estimate of drug-likeness (QED) is 0.457. The lowest BCUT2D eigenvalue weighted by molar-refractivity contribution is -0.345. The predicted molar refractivity (Wildman–Crippen MR) is 119 cm³/mol. The minimum atomic E-state index is -0.450. The third-order valence-corrected chi connectivity index (χ3v) is 5.92. The highest BCUT2D eigenvalue weighted by Crippen LogP contribution is 2.21. The van der Waals surface area contributed by atoms with Gasteiger partial charge in [0.25, 0.3) is 12.0 Å². The van der Waals surface area contributed by atoms with Crippen molar-refractivity contribution in [2.24, 2.45) is 0 Å². The van der Waals surface area contributed by atoms with Gasteiger partial charge in [-0.15, -0.1) is 0 Å². The monoisotopic (exact) mass is 453 g/mol. The van der Waals surface area contributed by atoms with Crippen LogP contribution in [0.25, 0.3) is 16.7 Å². The van der Waals surface area contributed by atoms with Crippen molar-refractivity contribution in [2.75, 3.05) is 20.2 Å². The molecule has 1 aliphatic heterocycles. The highest BCUT2D eigenvalue weighted by atomic mass is 19.1. The molecule has 2 atom stereocenters. The lowest BCUT2D eigenvalue weighted by Crippen LogP contribution is -2.44. The molecule has 0 saturated carbocycles. The number of halogens is 1. The molecule has 1 saturated heterocycles. The maximum atomic E-state index is 14.6. The van der Waals surface area contributed by atoms with Crippen molar-refractivity contribution < 1.29 is 18.8 Å². The number of fused-ring (bicyclic) bond motifs is 3. The van der Waals surface area contributed by atoms with Gasteiger partial charge < -0.3 is 9.47 Å². The van der Waals surface area contributed by atoms with Gasteiger partial charge in [0, 0.05) is 42.6 Å². The predicted octanol–water partition coefficient (Wildman–Crippen LogP) is 1.66. The van der Waals surface area contributed by atoms with Crippen molar-refractivity contribution in [3.05, 3.63) is 64.2 Å². The molecule has 10 heteroatoms. The highest BCUT2D eigenvalue weighted by molar-refractivity contribution is 5.87. The van der Waals surface area contributed by atoms with Gasteiger partial charge in [0.1, 0.15) is 11.6 Å². The summed E-state index contributed by atoms with van der Waals surface area (Å²) in [7, 11) is 1.48. The van der Waals surface area contributed by atoms with Crippen LogP contribution in [0, 0.1) is 5.82 Å². The number of nitrogens with zero attached hydrogens (tertiary/aromatic N) is 5. The second-order valence-electron chi connectivity index (χ2n) is 8.54. The molecule has 1 aliphatic rings. The first kappa shape index (κ1) is 21.5. The zero-order chi connectivity index (χ0) is 23.1. The molecular weight excluding hydrogens is 427 g/mol. The van der Waals surface area contributed by atoms with Crippen LogP contribution >= 0.6 is 0 Å². The number of ether oxygens (including phenoxy) is 2. The lowest BCUT2D eigenvalue weighted by atomic mass is 10.1. The number of rotatable bonds is 5. The van der Waals surface area contributed by atoms with E-state index in [1.54, 1.807) is 18.3 Å². The van der Waals surface area contributed by atoms with Gasteiger partial charge in [-0.1, -0.05) is 6.07 Å². The summed E-state index contributed by atoms with van der Waals surface area (Å²) in [6.45, 7) is 6.56. The molecule has 1 fully saturated rings. The van der Waals surface area contributed by atoms with Crippen molar-refractivity contribution in [3.63, 3.8) is 0 Å². The number of nitrogens with one attached hydrogen (secondary N) is 1. The molecule has 0 radical (unpaired) electrons. The van der Waals surface area contributed by atoms with Gasteiger partial charge in [0.2, 0.25) is 0 Å². The average molecular weight is 453 g/mol. The van der Waals surface area contributed by atoms with Crippen molar-refractivity contribution >= 4 is 16.7 Å². The number of morpholine rings is 1. The van der Waals surface area contributed by atoms with E-state index >= 15 is 0 Å². The summed E-state index contributed by atoms with van der Waals surface area (Å²) in [6.07, 6.45) is 3.58. The van der Waals surface area contributed by atoms with E-state index in [1.807, 2.05) is 6.07 Å². The molecular formula is C23H26FN6O3+. The average Bonchev–Trinajstić information content (AvgIpc) is 3.27. The van der Waals surface area contributed by atoms with E-state index < -0.39 is 11.5 Å². The summed E-state index contributed by atoms with van der Waals surface area (Å²) >= 11 is 0. The Labute approximate surface area is 189 Å². The number of aromatic nitrogens is 5. The van der Waals surface area contributed by atoms with E-state index in [9.17, 15) is 9.18 Å². The van der Waals surface area contributed by atoms with E-state index in [0.29, 0.717) is 29.2 Å². The summed E-state index contributed by atoms with van der Waals surface area (Å²) in [5, 5.41) is 4.89. The molecule has 4 heterocycles. The first-order valence-electron chi connectivity index (χ1n) is 10.9. The number of H-pyrrole nitrogens is 1. The second-order valence-corrected chi connectivity index (χ2v) is 8.54. The van der Waals surface area contributed by atoms with Crippen LogP contribution in [0.3, 0.4) is 0 Å². The standard InChI is InChI=1S/C23H25FN6O3/c1-14-9-28(10-15(2)33-14)11-16-6-19-21(25-8-16)29(23(31)30-22(19)26-13-27-30)12-17-4-5-18(32-3)7-20(17)24/h4-8,13-15H,9-12H2,1-3H3/p+1/t14-,15+. The zero-order valence-electron chi connectivity index (χ0n) is 18.8. The molecule has 4 aromatic rings. The Morgan fingerprint density at radius 2 is 2.00 bits per heavy atom. The van der Waals surface area contributed by atoms with Crippen molar-refractivity contribution in [1.29, 1.82) is 0 Å². The van der Waals surface area contributed by atoms with Crippen LogP contribution in [0.5, 0.6) is 5.75 Å². The largest absolute Gasteiger partial charge is 0.497 e. The molecule has 1 N–H and O–H groups in total. The maximum Gasteiger partial charge on any atom is 0.425 e. The van der Waals surface area contributed by atoms with E-state index in [-0.39, 0.29) is 18.8 Å². The second kappa shape index (κ2) is 8.53. The summed E-state index contributed by atoms with van der Waals surface area (Å²) in [5.41, 5.74) is 1.99. The summed E-state index contributed by atoms with van der Waals surface area (Å²) in [6, 6.07) is 6.60. The number of aromatic amines is 1. The molecule has 9 nitrogen and oxygen atoms in total. The van der Waals surface area contributed by atoms with Crippen LogP contribution in [-0.2, 0) is 17.8 Å². The maximum absolute atomic E-state index is 14.6. The number of hydrogen-bond donors (Lipinski definition) is 0. The molecule has 0 unspecified atom stereocenters. The Morgan fingerprint density at radius 1 is 1.21 bits per heavy atom. The lowest BCUT2D eigenvalue weighted by Gasteiger charge is -2.35. The van der Waals surface area contributed by atoms with Gasteiger partial charge in [-0.05, 0) is 36.1 Å². The molecule has 0 amide bonds.